The lowest BCUT2D eigenvalue weighted by atomic mass is 10.0. The molecule has 1 saturated heterocycles. The number of likely N-dealkylation sites (tertiary alicyclic amines) is 1. The average molecular weight is 344 g/mol. The number of carbonyl (C=O) groups excluding carboxylic acids is 1. The zero-order chi connectivity index (χ0) is 14.7. The van der Waals surface area contributed by atoms with E-state index in [1.807, 2.05) is 0 Å². The lowest BCUT2D eigenvalue weighted by molar-refractivity contribution is -0.130. The molecule has 1 aliphatic rings. The van der Waals surface area contributed by atoms with Gasteiger partial charge in [-0.1, -0.05) is 22.0 Å². The molecule has 0 saturated carbocycles. The average Bonchev–Trinajstić information content (AvgIpc) is 2.87. The molecule has 2 atom stereocenters. The fraction of sp³-hybridized carbons (Fsp3) is 0.533. The van der Waals surface area contributed by atoms with E-state index in [1.54, 1.807) is 24.0 Å². The van der Waals surface area contributed by atoms with Crippen LogP contribution in [0.3, 0.4) is 0 Å². The molecule has 1 fully saturated rings. The Morgan fingerprint density at radius 2 is 2.35 bits per heavy atom. The van der Waals surface area contributed by atoms with E-state index in [9.17, 15) is 14.3 Å². The molecule has 0 bridgehead atoms. The van der Waals surface area contributed by atoms with Crippen LogP contribution in [-0.4, -0.2) is 35.1 Å². The van der Waals surface area contributed by atoms with Gasteiger partial charge in [-0.2, -0.15) is 0 Å². The molecule has 1 heterocycles. The Morgan fingerprint density at radius 1 is 1.60 bits per heavy atom. The highest BCUT2D eigenvalue weighted by atomic mass is 79.9. The van der Waals surface area contributed by atoms with Crippen LogP contribution >= 0.6 is 15.9 Å². The molecular formula is C15H19BrFNO2. The summed E-state index contributed by atoms with van der Waals surface area (Å²) in [5.41, 5.74) is 0.563. The maximum absolute atomic E-state index is 13.7. The SMILES string of the molecule is CC(O)C1CCN(C(=O)CCc2ccc(Br)cc2F)C1. The molecule has 5 heteroatoms. The Bertz CT molecular complexity index is 493. The first-order valence-electron chi connectivity index (χ1n) is 6.87. The minimum Gasteiger partial charge on any atom is -0.393 e. The summed E-state index contributed by atoms with van der Waals surface area (Å²) in [7, 11) is 0. The van der Waals surface area contributed by atoms with E-state index in [0.29, 0.717) is 36.0 Å². The molecule has 20 heavy (non-hydrogen) atoms. The third-order valence-electron chi connectivity index (χ3n) is 3.88. The van der Waals surface area contributed by atoms with E-state index in [1.165, 1.54) is 6.07 Å². The maximum atomic E-state index is 13.7. The molecule has 110 valence electrons. The molecule has 2 unspecified atom stereocenters. The number of halogens is 2. The van der Waals surface area contributed by atoms with Gasteiger partial charge in [-0.05, 0) is 37.5 Å². The van der Waals surface area contributed by atoms with E-state index in [2.05, 4.69) is 15.9 Å². The molecule has 3 nitrogen and oxygen atoms in total. The highest BCUT2D eigenvalue weighted by molar-refractivity contribution is 9.10. The predicted octanol–water partition coefficient (Wildman–Crippen LogP) is 2.75. The first-order valence-corrected chi connectivity index (χ1v) is 7.66. The fourth-order valence-electron chi connectivity index (χ4n) is 2.53. The van der Waals surface area contributed by atoms with Crippen LogP contribution in [0.15, 0.2) is 22.7 Å². The zero-order valence-corrected chi connectivity index (χ0v) is 13.1. The number of aliphatic hydroxyl groups excluding tert-OH is 1. The molecule has 1 N–H and O–H groups in total. The molecule has 2 rings (SSSR count). The number of aliphatic hydroxyl groups is 1. The Hall–Kier alpha value is -0.940. The first kappa shape index (κ1) is 15.4. The van der Waals surface area contributed by atoms with Gasteiger partial charge in [0.1, 0.15) is 5.82 Å². The number of amides is 1. The summed E-state index contributed by atoms with van der Waals surface area (Å²) in [5, 5.41) is 9.53. The summed E-state index contributed by atoms with van der Waals surface area (Å²) in [4.78, 5) is 13.8. The third-order valence-corrected chi connectivity index (χ3v) is 4.38. The fourth-order valence-corrected chi connectivity index (χ4v) is 2.86. The summed E-state index contributed by atoms with van der Waals surface area (Å²) in [6.45, 7) is 3.06. The van der Waals surface area contributed by atoms with Gasteiger partial charge in [-0.3, -0.25) is 4.79 Å². The Balaban J connectivity index is 1.86. The molecule has 1 aromatic rings. The maximum Gasteiger partial charge on any atom is 0.222 e. The number of hydrogen-bond donors (Lipinski definition) is 1. The smallest absolute Gasteiger partial charge is 0.222 e. The zero-order valence-electron chi connectivity index (χ0n) is 11.5. The van der Waals surface area contributed by atoms with Gasteiger partial charge < -0.3 is 10.0 Å². The van der Waals surface area contributed by atoms with Crippen molar-refractivity contribution in [2.75, 3.05) is 13.1 Å². The van der Waals surface area contributed by atoms with Gasteiger partial charge in [-0.25, -0.2) is 4.39 Å². The van der Waals surface area contributed by atoms with Crippen molar-refractivity contribution in [1.29, 1.82) is 0 Å². The lowest BCUT2D eigenvalue weighted by Gasteiger charge is -2.17. The van der Waals surface area contributed by atoms with Gasteiger partial charge in [0.25, 0.3) is 0 Å². The molecule has 0 aliphatic carbocycles. The number of hydrogen-bond acceptors (Lipinski definition) is 2. The van der Waals surface area contributed by atoms with Crippen LogP contribution < -0.4 is 0 Å². The number of aryl methyl sites for hydroxylation is 1. The quantitative estimate of drug-likeness (QED) is 0.913. The van der Waals surface area contributed by atoms with Gasteiger partial charge >= 0.3 is 0 Å². The van der Waals surface area contributed by atoms with E-state index in [4.69, 9.17) is 0 Å². The Kier molecular flexibility index (Phi) is 5.16. The minimum atomic E-state index is -0.378. The van der Waals surface area contributed by atoms with Crippen LogP contribution in [0.1, 0.15) is 25.3 Å². The molecule has 0 spiro atoms. The second kappa shape index (κ2) is 6.68. The molecule has 1 aromatic carbocycles. The van der Waals surface area contributed by atoms with E-state index >= 15 is 0 Å². The van der Waals surface area contributed by atoms with Crippen molar-refractivity contribution in [2.45, 2.75) is 32.3 Å². The summed E-state index contributed by atoms with van der Waals surface area (Å²) in [6.07, 6.45) is 1.19. The third kappa shape index (κ3) is 3.79. The normalized spacial score (nSPS) is 20.2. The summed E-state index contributed by atoms with van der Waals surface area (Å²) >= 11 is 3.21. The molecule has 0 aromatic heterocycles. The van der Waals surface area contributed by atoms with E-state index < -0.39 is 0 Å². The minimum absolute atomic E-state index is 0.0375. The monoisotopic (exact) mass is 343 g/mol. The molecule has 0 radical (unpaired) electrons. The molecule has 1 aliphatic heterocycles. The van der Waals surface area contributed by atoms with Crippen molar-refractivity contribution < 1.29 is 14.3 Å². The van der Waals surface area contributed by atoms with Crippen LogP contribution in [0.25, 0.3) is 0 Å². The van der Waals surface area contributed by atoms with Crippen LogP contribution in [0.2, 0.25) is 0 Å². The van der Waals surface area contributed by atoms with E-state index in [0.717, 1.165) is 6.42 Å². The molecule has 1 amide bonds. The standard InChI is InChI=1S/C15H19BrFNO2/c1-10(19)12-6-7-18(9-12)15(20)5-3-11-2-4-13(16)8-14(11)17/h2,4,8,10,12,19H,3,5-7,9H2,1H3. The topological polar surface area (TPSA) is 40.5 Å². The number of nitrogens with zero attached hydrogens (tertiary/aromatic N) is 1. The van der Waals surface area contributed by atoms with Crippen LogP contribution in [0.4, 0.5) is 4.39 Å². The van der Waals surface area contributed by atoms with Crippen LogP contribution in [0.5, 0.6) is 0 Å². The Morgan fingerprint density at radius 3 is 2.95 bits per heavy atom. The van der Waals surface area contributed by atoms with Crippen molar-refractivity contribution in [2.24, 2.45) is 5.92 Å². The highest BCUT2D eigenvalue weighted by Crippen LogP contribution is 2.21. The highest BCUT2D eigenvalue weighted by Gasteiger charge is 2.28. The van der Waals surface area contributed by atoms with Crippen molar-refractivity contribution in [1.82, 2.24) is 4.90 Å². The van der Waals surface area contributed by atoms with Gasteiger partial charge in [0.15, 0.2) is 0 Å². The van der Waals surface area contributed by atoms with Crippen molar-refractivity contribution >= 4 is 21.8 Å². The summed E-state index contributed by atoms with van der Waals surface area (Å²) in [6, 6.07) is 4.90. The molecular weight excluding hydrogens is 325 g/mol. The first-order chi connectivity index (χ1) is 9.47. The second-order valence-electron chi connectivity index (χ2n) is 5.36. The number of benzene rings is 1. The number of rotatable bonds is 4. The van der Waals surface area contributed by atoms with Gasteiger partial charge in [0, 0.05) is 29.9 Å². The van der Waals surface area contributed by atoms with Gasteiger partial charge in [0.05, 0.1) is 6.10 Å². The van der Waals surface area contributed by atoms with Crippen molar-refractivity contribution in [3.05, 3.63) is 34.1 Å². The van der Waals surface area contributed by atoms with Crippen molar-refractivity contribution in [3.8, 4) is 0 Å². The predicted molar refractivity (Wildman–Crippen MR) is 78.8 cm³/mol. The second-order valence-corrected chi connectivity index (χ2v) is 6.28. The van der Waals surface area contributed by atoms with Crippen molar-refractivity contribution in [3.63, 3.8) is 0 Å². The number of carbonyl (C=O) groups is 1. The van der Waals surface area contributed by atoms with E-state index in [-0.39, 0.29) is 23.7 Å². The Labute approximate surface area is 126 Å². The summed E-state index contributed by atoms with van der Waals surface area (Å²) < 4.78 is 14.4. The van der Waals surface area contributed by atoms with Gasteiger partial charge in [0.2, 0.25) is 5.91 Å². The van der Waals surface area contributed by atoms with Crippen LogP contribution in [0, 0.1) is 11.7 Å². The van der Waals surface area contributed by atoms with Crippen LogP contribution in [-0.2, 0) is 11.2 Å². The largest absolute Gasteiger partial charge is 0.393 e. The lowest BCUT2D eigenvalue weighted by Crippen LogP contribution is -2.30. The summed E-state index contributed by atoms with van der Waals surface area (Å²) in [5.74, 6) is -0.0747. The van der Waals surface area contributed by atoms with Gasteiger partial charge in [-0.15, -0.1) is 0 Å².